The summed E-state index contributed by atoms with van der Waals surface area (Å²) in [6.07, 6.45) is 4.83. The minimum Gasteiger partial charge on any atom is -0.465 e. The molecule has 1 N–H and O–H groups in total. The highest BCUT2D eigenvalue weighted by Crippen LogP contribution is 2.30. The van der Waals surface area contributed by atoms with Gasteiger partial charge in [-0.2, -0.15) is 11.8 Å². The van der Waals surface area contributed by atoms with Crippen molar-refractivity contribution in [1.82, 2.24) is 4.72 Å². The summed E-state index contributed by atoms with van der Waals surface area (Å²) in [5.74, 6) is -0.649. The first kappa shape index (κ1) is 16.3. The van der Waals surface area contributed by atoms with Gasteiger partial charge in [0.2, 0.25) is 10.0 Å². The Bertz CT molecular complexity index is 615. The van der Waals surface area contributed by atoms with E-state index in [1.807, 2.05) is 6.26 Å². The molecule has 0 heterocycles. The number of thioether (sulfide) groups is 1. The summed E-state index contributed by atoms with van der Waals surface area (Å²) in [5, 5.41) is 0.282. The van der Waals surface area contributed by atoms with Gasteiger partial charge in [0.25, 0.3) is 0 Å². The van der Waals surface area contributed by atoms with Crippen LogP contribution in [0.25, 0.3) is 0 Å². The molecule has 0 radical (unpaired) electrons. The fraction of sp³-hybridized carbons (Fsp3) is 0.500. The minimum atomic E-state index is -3.74. The number of sulfonamides is 1. The van der Waals surface area contributed by atoms with E-state index in [1.165, 1.54) is 19.2 Å². The Hall–Kier alpha value is -1.05. The van der Waals surface area contributed by atoms with Crippen LogP contribution < -0.4 is 4.72 Å². The second-order valence-electron chi connectivity index (χ2n) is 4.92. The summed E-state index contributed by atoms with van der Waals surface area (Å²) in [6, 6.07) is 6.02. The number of nitrogens with one attached hydrogen (secondary N) is 1. The molecule has 1 aromatic carbocycles. The highest BCUT2D eigenvalue weighted by atomic mass is 32.2. The minimum absolute atomic E-state index is 0.0244. The van der Waals surface area contributed by atoms with Gasteiger partial charge in [-0.05, 0) is 31.2 Å². The molecule has 7 heteroatoms. The first-order valence-corrected chi connectivity index (χ1v) is 9.49. The summed E-state index contributed by atoms with van der Waals surface area (Å²) in [5.41, 5.74) is 0.0613. The van der Waals surface area contributed by atoms with Gasteiger partial charge in [-0.25, -0.2) is 17.9 Å². The lowest BCUT2D eigenvalue weighted by Crippen LogP contribution is -2.39. The number of carbonyl (C=O) groups is 1. The fourth-order valence-electron chi connectivity index (χ4n) is 2.59. The summed E-state index contributed by atoms with van der Waals surface area (Å²) in [7, 11) is -2.50. The van der Waals surface area contributed by atoms with Crippen molar-refractivity contribution in [3.63, 3.8) is 0 Å². The average molecular weight is 329 g/mol. The molecule has 116 valence electrons. The van der Waals surface area contributed by atoms with Crippen LogP contribution in [0.1, 0.15) is 29.6 Å². The zero-order chi connectivity index (χ0) is 15.5. The van der Waals surface area contributed by atoms with Crippen molar-refractivity contribution in [3.8, 4) is 0 Å². The number of carbonyl (C=O) groups excluding carboxylic acids is 1. The second kappa shape index (κ2) is 6.81. The van der Waals surface area contributed by atoms with Crippen molar-refractivity contribution >= 4 is 27.8 Å². The van der Waals surface area contributed by atoms with Crippen LogP contribution >= 0.6 is 11.8 Å². The van der Waals surface area contributed by atoms with Crippen LogP contribution in [-0.2, 0) is 14.8 Å². The molecule has 0 spiro atoms. The molecule has 0 bridgehead atoms. The number of hydrogen-bond acceptors (Lipinski definition) is 5. The average Bonchev–Trinajstić information content (AvgIpc) is 2.92. The molecule has 2 rings (SSSR count). The maximum atomic E-state index is 12.6. The number of methoxy groups -OCH3 is 1. The largest absolute Gasteiger partial charge is 0.465 e. The van der Waals surface area contributed by atoms with Crippen LogP contribution in [0.4, 0.5) is 0 Å². The van der Waals surface area contributed by atoms with Gasteiger partial charge in [0.1, 0.15) is 0 Å². The van der Waals surface area contributed by atoms with E-state index < -0.39 is 16.0 Å². The zero-order valence-electron chi connectivity index (χ0n) is 12.0. The molecule has 21 heavy (non-hydrogen) atoms. The van der Waals surface area contributed by atoms with Crippen LogP contribution in [0.2, 0.25) is 0 Å². The van der Waals surface area contributed by atoms with Gasteiger partial charge in [-0.3, -0.25) is 0 Å². The third kappa shape index (κ3) is 3.59. The molecule has 0 saturated heterocycles. The maximum Gasteiger partial charge on any atom is 0.339 e. The SMILES string of the molecule is COC(=O)c1ccccc1S(=O)(=O)NC1CCCC1SC. The van der Waals surface area contributed by atoms with E-state index in [1.54, 1.807) is 23.9 Å². The number of benzene rings is 1. The lowest BCUT2D eigenvalue weighted by Gasteiger charge is -2.19. The van der Waals surface area contributed by atoms with E-state index in [9.17, 15) is 13.2 Å². The van der Waals surface area contributed by atoms with Crippen LogP contribution in [0.15, 0.2) is 29.2 Å². The molecule has 1 saturated carbocycles. The molecule has 1 aromatic rings. The Kier molecular flexibility index (Phi) is 5.29. The molecule has 1 aliphatic rings. The summed E-state index contributed by atoms with van der Waals surface area (Å²) in [6.45, 7) is 0. The molecule has 1 aliphatic carbocycles. The van der Waals surface area contributed by atoms with Gasteiger partial charge in [0.15, 0.2) is 0 Å². The molecule has 5 nitrogen and oxygen atoms in total. The van der Waals surface area contributed by atoms with Crippen molar-refractivity contribution in [3.05, 3.63) is 29.8 Å². The molecule has 2 unspecified atom stereocenters. The molecule has 1 fully saturated rings. The van der Waals surface area contributed by atoms with E-state index >= 15 is 0 Å². The fourth-order valence-corrected chi connectivity index (χ4v) is 5.11. The van der Waals surface area contributed by atoms with E-state index in [4.69, 9.17) is 0 Å². The Morgan fingerprint density at radius 3 is 2.71 bits per heavy atom. The first-order chi connectivity index (χ1) is 9.99. The third-order valence-corrected chi connectivity index (χ3v) is 6.36. The van der Waals surface area contributed by atoms with Crippen LogP contribution in [0, 0.1) is 0 Å². The predicted octanol–water partition coefficient (Wildman–Crippen LogP) is 2.04. The Morgan fingerprint density at radius 1 is 1.33 bits per heavy atom. The highest BCUT2D eigenvalue weighted by Gasteiger charge is 2.32. The van der Waals surface area contributed by atoms with E-state index in [0.29, 0.717) is 0 Å². The van der Waals surface area contributed by atoms with E-state index in [2.05, 4.69) is 9.46 Å². The monoisotopic (exact) mass is 329 g/mol. The summed E-state index contributed by atoms with van der Waals surface area (Å²) >= 11 is 1.67. The van der Waals surface area contributed by atoms with Crippen LogP contribution in [0.5, 0.6) is 0 Å². The van der Waals surface area contributed by atoms with Crippen molar-refractivity contribution in [2.75, 3.05) is 13.4 Å². The van der Waals surface area contributed by atoms with Crippen LogP contribution in [0.3, 0.4) is 0 Å². The number of hydrogen-bond donors (Lipinski definition) is 1. The van der Waals surface area contributed by atoms with Gasteiger partial charge in [0, 0.05) is 11.3 Å². The van der Waals surface area contributed by atoms with Crippen molar-refractivity contribution in [2.24, 2.45) is 0 Å². The van der Waals surface area contributed by atoms with Gasteiger partial charge < -0.3 is 4.74 Å². The summed E-state index contributed by atoms with van der Waals surface area (Å²) < 4.78 is 32.5. The molecule has 0 amide bonds. The lowest BCUT2D eigenvalue weighted by molar-refractivity contribution is 0.0596. The molecular weight excluding hydrogens is 310 g/mol. The zero-order valence-corrected chi connectivity index (χ0v) is 13.7. The van der Waals surface area contributed by atoms with Gasteiger partial charge in [-0.15, -0.1) is 0 Å². The Labute approximate surface area is 129 Å². The molecule has 2 atom stereocenters. The predicted molar refractivity (Wildman–Crippen MR) is 83.0 cm³/mol. The van der Waals surface area contributed by atoms with Crippen molar-refractivity contribution in [1.29, 1.82) is 0 Å². The quantitative estimate of drug-likeness (QED) is 0.837. The highest BCUT2D eigenvalue weighted by molar-refractivity contribution is 7.99. The third-order valence-electron chi connectivity index (χ3n) is 3.64. The van der Waals surface area contributed by atoms with Crippen molar-refractivity contribution < 1.29 is 17.9 Å². The topological polar surface area (TPSA) is 72.5 Å². The number of ether oxygens (including phenoxy) is 1. The van der Waals surface area contributed by atoms with Gasteiger partial charge in [-0.1, -0.05) is 18.6 Å². The van der Waals surface area contributed by atoms with E-state index in [0.717, 1.165) is 19.3 Å². The molecular formula is C14H19NO4S2. The van der Waals surface area contributed by atoms with Crippen molar-refractivity contribution in [2.45, 2.75) is 35.4 Å². The lowest BCUT2D eigenvalue weighted by atomic mass is 10.2. The first-order valence-electron chi connectivity index (χ1n) is 6.72. The second-order valence-corrected chi connectivity index (χ2v) is 7.68. The molecule has 0 aliphatic heterocycles. The smallest absolute Gasteiger partial charge is 0.339 e. The standard InChI is InChI=1S/C14H19NO4S2/c1-19-14(16)10-6-3-4-9-13(10)21(17,18)15-11-7-5-8-12(11)20-2/h3-4,6,9,11-12,15H,5,7-8H2,1-2H3. The number of esters is 1. The Balaban J connectivity index is 2.30. The summed E-state index contributed by atoms with van der Waals surface area (Å²) in [4.78, 5) is 11.7. The normalized spacial score (nSPS) is 22.2. The van der Waals surface area contributed by atoms with Gasteiger partial charge in [0.05, 0.1) is 17.6 Å². The molecule has 0 aromatic heterocycles. The van der Waals surface area contributed by atoms with Gasteiger partial charge >= 0.3 is 5.97 Å². The number of rotatable bonds is 5. The van der Waals surface area contributed by atoms with Crippen LogP contribution in [-0.4, -0.2) is 39.0 Å². The maximum absolute atomic E-state index is 12.6. The van der Waals surface area contributed by atoms with E-state index in [-0.39, 0.29) is 21.8 Å². The Morgan fingerprint density at radius 2 is 2.05 bits per heavy atom.